The van der Waals surface area contributed by atoms with Gasteiger partial charge in [0.2, 0.25) is 0 Å². The molecule has 1 aliphatic rings. The van der Waals surface area contributed by atoms with E-state index in [4.69, 9.17) is 18.9 Å². The molecule has 178 valence electrons. The molecule has 8 heteroatoms. The second kappa shape index (κ2) is 10.7. The molecule has 1 rings (SSSR count). The molecule has 31 heavy (non-hydrogen) atoms. The molecule has 5 atom stereocenters. The van der Waals surface area contributed by atoms with Gasteiger partial charge in [-0.05, 0) is 6.42 Å². The maximum absolute atomic E-state index is 13.1. The van der Waals surface area contributed by atoms with Gasteiger partial charge in [0.15, 0.2) is 24.3 Å². The molecule has 0 aromatic rings. The summed E-state index contributed by atoms with van der Waals surface area (Å²) in [6.07, 6.45) is -3.15. The first-order valence-electron chi connectivity index (χ1n) is 10.7. The third kappa shape index (κ3) is 8.00. The maximum Gasteiger partial charge on any atom is 0.303 e. The van der Waals surface area contributed by atoms with Gasteiger partial charge in [-0.1, -0.05) is 48.5 Å². The van der Waals surface area contributed by atoms with E-state index < -0.39 is 53.3 Å². The zero-order valence-electron chi connectivity index (χ0n) is 20.3. The summed E-state index contributed by atoms with van der Waals surface area (Å²) < 4.78 is 22.7. The van der Waals surface area contributed by atoms with Crippen molar-refractivity contribution in [3.63, 3.8) is 0 Å². The minimum Gasteiger partial charge on any atom is -0.458 e. The van der Waals surface area contributed by atoms with Crippen molar-refractivity contribution < 1.29 is 38.1 Å². The number of hydrogen-bond acceptors (Lipinski definition) is 8. The van der Waals surface area contributed by atoms with Crippen molar-refractivity contribution in [3.8, 4) is 0 Å². The van der Waals surface area contributed by atoms with E-state index >= 15 is 0 Å². The van der Waals surface area contributed by atoms with Gasteiger partial charge >= 0.3 is 11.9 Å². The SMILES string of the molecule is CC(=O)OC1C(C(=O)C(C)(C)C)O[C@@H](OCCCC(=O)C(C)(C)C)C(C)[C@H]1OC(C)=O. The van der Waals surface area contributed by atoms with Crippen molar-refractivity contribution in [2.45, 2.75) is 99.8 Å². The Morgan fingerprint density at radius 3 is 1.81 bits per heavy atom. The van der Waals surface area contributed by atoms with E-state index in [0.29, 0.717) is 12.8 Å². The number of ketones is 2. The van der Waals surface area contributed by atoms with Crippen LogP contribution in [0, 0.1) is 16.7 Å². The molecule has 0 spiro atoms. The van der Waals surface area contributed by atoms with E-state index in [1.807, 2.05) is 20.8 Å². The third-order valence-electron chi connectivity index (χ3n) is 5.12. The molecule has 1 fully saturated rings. The van der Waals surface area contributed by atoms with Crippen LogP contribution in [0.25, 0.3) is 0 Å². The van der Waals surface area contributed by atoms with Crippen molar-refractivity contribution in [1.29, 1.82) is 0 Å². The second-order valence-electron chi connectivity index (χ2n) is 10.2. The number of rotatable bonds is 8. The number of carbonyl (C=O) groups excluding carboxylic acids is 4. The summed E-state index contributed by atoms with van der Waals surface area (Å²) >= 11 is 0. The molecular weight excluding hydrogens is 404 g/mol. The van der Waals surface area contributed by atoms with Gasteiger partial charge in [0.1, 0.15) is 11.9 Å². The van der Waals surface area contributed by atoms with E-state index in [-0.39, 0.29) is 18.2 Å². The normalized spacial score (nSPS) is 26.8. The fraction of sp³-hybridized carbons (Fsp3) is 0.826. The minimum atomic E-state index is -1.15. The van der Waals surface area contributed by atoms with Crippen molar-refractivity contribution in [3.05, 3.63) is 0 Å². The molecule has 1 aliphatic heterocycles. The van der Waals surface area contributed by atoms with Gasteiger partial charge in [0.05, 0.1) is 6.61 Å². The molecule has 0 aromatic heterocycles. The van der Waals surface area contributed by atoms with Crippen molar-refractivity contribution >= 4 is 23.5 Å². The Morgan fingerprint density at radius 2 is 1.35 bits per heavy atom. The molecule has 0 saturated carbocycles. The van der Waals surface area contributed by atoms with Gasteiger partial charge in [-0.15, -0.1) is 0 Å². The highest BCUT2D eigenvalue weighted by molar-refractivity contribution is 5.89. The molecule has 0 N–H and O–H groups in total. The standard InChI is InChI=1S/C23H38O8/c1-13-17(29-14(2)24)18(30-15(3)25)19(20(27)23(7,8)9)31-21(13)28-12-10-11-16(26)22(4,5)6/h13,17-19,21H,10-12H2,1-9H3/t13?,17-,18?,19?,21-/m1/s1. The Hall–Kier alpha value is -1.80. The van der Waals surface area contributed by atoms with Gasteiger partial charge < -0.3 is 18.9 Å². The van der Waals surface area contributed by atoms with Crippen molar-refractivity contribution in [2.75, 3.05) is 6.61 Å². The van der Waals surface area contributed by atoms with Gasteiger partial charge in [-0.25, -0.2) is 0 Å². The first-order valence-corrected chi connectivity index (χ1v) is 10.7. The third-order valence-corrected chi connectivity index (χ3v) is 5.12. The van der Waals surface area contributed by atoms with Crippen LogP contribution in [0.4, 0.5) is 0 Å². The highest BCUT2D eigenvalue weighted by atomic mass is 16.7. The average molecular weight is 443 g/mol. The van der Waals surface area contributed by atoms with Gasteiger partial charge in [0, 0.05) is 37.0 Å². The lowest BCUT2D eigenvalue weighted by Gasteiger charge is -2.44. The highest BCUT2D eigenvalue weighted by Crippen LogP contribution is 2.35. The molecule has 1 heterocycles. The van der Waals surface area contributed by atoms with Crippen molar-refractivity contribution in [1.82, 2.24) is 0 Å². The Labute approximate surface area is 185 Å². The van der Waals surface area contributed by atoms with E-state index in [0.717, 1.165) is 0 Å². The summed E-state index contributed by atoms with van der Waals surface area (Å²) in [5.41, 5.74) is -1.20. The average Bonchev–Trinajstić information content (AvgIpc) is 2.60. The predicted octanol–water partition coefficient (Wildman–Crippen LogP) is 3.24. The molecule has 0 aliphatic carbocycles. The quantitative estimate of drug-likeness (QED) is 0.417. The Morgan fingerprint density at radius 1 is 0.839 bits per heavy atom. The number of hydrogen-bond donors (Lipinski definition) is 0. The molecule has 0 radical (unpaired) electrons. The van der Waals surface area contributed by atoms with E-state index in [9.17, 15) is 19.2 Å². The van der Waals surface area contributed by atoms with Crippen LogP contribution in [0.1, 0.15) is 75.2 Å². The fourth-order valence-corrected chi connectivity index (χ4v) is 3.29. The van der Waals surface area contributed by atoms with E-state index in [1.165, 1.54) is 13.8 Å². The van der Waals surface area contributed by atoms with E-state index in [1.54, 1.807) is 27.7 Å². The summed E-state index contributed by atoms with van der Waals surface area (Å²) in [4.78, 5) is 48.6. The van der Waals surface area contributed by atoms with Crippen LogP contribution >= 0.6 is 0 Å². The predicted molar refractivity (Wildman–Crippen MR) is 113 cm³/mol. The lowest BCUT2D eigenvalue weighted by atomic mass is 9.81. The van der Waals surface area contributed by atoms with Crippen LogP contribution < -0.4 is 0 Å². The highest BCUT2D eigenvalue weighted by Gasteiger charge is 2.52. The largest absolute Gasteiger partial charge is 0.458 e. The molecule has 0 bridgehead atoms. The summed E-state index contributed by atoms with van der Waals surface area (Å²) in [6, 6.07) is 0. The van der Waals surface area contributed by atoms with Crippen LogP contribution in [0.5, 0.6) is 0 Å². The number of esters is 2. The van der Waals surface area contributed by atoms with Crippen LogP contribution in [0.2, 0.25) is 0 Å². The summed E-state index contributed by atoms with van der Waals surface area (Å²) in [7, 11) is 0. The van der Waals surface area contributed by atoms with Gasteiger partial charge in [-0.3, -0.25) is 19.2 Å². The zero-order valence-corrected chi connectivity index (χ0v) is 20.3. The van der Waals surface area contributed by atoms with Gasteiger partial charge in [0.25, 0.3) is 0 Å². The zero-order chi connectivity index (χ0) is 24.1. The number of Topliss-reactive ketones (excluding diaryl/α,β-unsaturated/α-hetero) is 2. The fourth-order valence-electron chi connectivity index (χ4n) is 3.29. The lowest BCUT2D eigenvalue weighted by molar-refractivity contribution is -0.278. The molecule has 3 unspecified atom stereocenters. The topological polar surface area (TPSA) is 105 Å². The number of ether oxygens (including phenoxy) is 4. The van der Waals surface area contributed by atoms with Crippen LogP contribution in [-0.4, -0.2) is 54.7 Å². The Kier molecular flexibility index (Phi) is 9.38. The van der Waals surface area contributed by atoms with Crippen LogP contribution in [0.15, 0.2) is 0 Å². The number of carbonyl (C=O) groups is 4. The molecule has 8 nitrogen and oxygen atoms in total. The molecular formula is C23H38O8. The molecule has 0 amide bonds. The first kappa shape index (κ1) is 27.2. The maximum atomic E-state index is 13.1. The summed E-state index contributed by atoms with van der Waals surface area (Å²) in [5.74, 6) is -1.84. The Balaban J connectivity index is 3.04. The minimum absolute atomic E-state index is 0.127. The monoisotopic (exact) mass is 442 g/mol. The summed E-state index contributed by atoms with van der Waals surface area (Å²) in [5, 5.41) is 0. The first-order chi connectivity index (χ1) is 14.1. The van der Waals surface area contributed by atoms with Gasteiger partial charge in [-0.2, -0.15) is 0 Å². The van der Waals surface area contributed by atoms with Crippen LogP contribution in [0.3, 0.4) is 0 Å². The molecule has 1 saturated heterocycles. The summed E-state index contributed by atoms with van der Waals surface area (Å²) in [6.45, 7) is 15.2. The van der Waals surface area contributed by atoms with Crippen LogP contribution in [-0.2, 0) is 38.1 Å². The van der Waals surface area contributed by atoms with E-state index in [2.05, 4.69) is 0 Å². The second-order valence-corrected chi connectivity index (χ2v) is 10.2. The molecule has 0 aromatic carbocycles. The van der Waals surface area contributed by atoms with Crippen molar-refractivity contribution in [2.24, 2.45) is 16.7 Å². The lowest BCUT2D eigenvalue weighted by Crippen LogP contribution is -2.61. The Bertz CT molecular complexity index is 670. The smallest absolute Gasteiger partial charge is 0.303 e.